The van der Waals surface area contributed by atoms with Crippen LogP contribution in [0.15, 0.2) is 42.5 Å². The standard InChI is InChI=1S/C22H28N2O2.ClH/c1-16-6-4-8-19(14-16)26-13-3-2-10-22(25)24-21-9-5-7-17-15-18(23)11-12-20(17)21;/h4,6,8,11-12,14-15,21H,2-3,5,7,9-10,13,23H2,1H3,(H,24,25);1H. The van der Waals surface area contributed by atoms with E-state index in [1.807, 2.05) is 30.3 Å². The molecule has 3 rings (SSSR count). The molecule has 1 atom stereocenters. The quantitative estimate of drug-likeness (QED) is 0.531. The number of rotatable bonds is 7. The van der Waals surface area contributed by atoms with E-state index in [2.05, 4.69) is 24.4 Å². The summed E-state index contributed by atoms with van der Waals surface area (Å²) in [6, 6.07) is 14.2. The largest absolute Gasteiger partial charge is 0.494 e. The lowest BCUT2D eigenvalue weighted by atomic mass is 9.87. The fraction of sp³-hybridized carbons (Fsp3) is 0.409. The van der Waals surface area contributed by atoms with Gasteiger partial charge in [0, 0.05) is 12.1 Å². The summed E-state index contributed by atoms with van der Waals surface area (Å²) in [5.74, 6) is 1.02. The average molecular weight is 389 g/mol. The van der Waals surface area contributed by atoms with Gasteiger partial charge in [0.2, 0.25) is 5.91 Å². The minimum absolute atomic E-state index is 0. The van der Waals surface area contributed by atoms with E-state index in [9.17, 15) is 4.79 Å². The van der Waals surface area contributed by atoms with Gasteiger partial charge in [-0.15, -0.1) is 12.4 Å². The zero-order valence-corrected chi connectivity index (χ0v) is 16.7. The molecule has 27 heavy (non-hydrogen) atoms. The summed E-state index contributed by atoms with van der Waals surface area (Å²) in [6.07, 6.45) is 5.38. The summed E-state index contributed by atoms with van der Waals surface area (Å²) < 4.78 is 5.73. The molecule has 0 fully saturated rings. The highest BCUT2D eigenvalue weighted by molar-refractivity contribution is 5.85. The fourth-order valence-electron chi connectivity index (χ4n) is 3.53. The van der Waals surface area contributed by atoms with Crippen LogP contribution >= 0.6 is 12.4 Å². The summed E-state index contributed by atoms with van der Waals surface area (Å²) in [7, 11) is 0. The van der Waals surface area contributed by atoms with E-state index in [-0.39, 0.29) is 24.4 Å². The maximum absolute atomic E-state index is 12.3. The molecule has 0 aliphatic heterocycles. The molecular weight excluding hydrogens is 360 g/mol. The van der Waals surface area contributed by atoms with Crippen molar-refractivity contribution in [3.05, 3.63) is 59.2 Å². The smallest absolute Gasteiger partial charge is 0.220 e. The highest BCUT2D eigenvalue weighted by Crippen LogP contribution is 2.31. The van der Waals surface area contributed by atoms with Crippen molar-refractivity contribution < 1.29 is 9.53 Å². The predicted molar refractivity (Wildman–Crippen MR) is 112 cm³/mol. The van der Waals surface area contributed by atoms with E-state index < -0.39 is 0 Å². The molecule has 0 bridgehead atoms. The average Bonchev–Trinajstić information content (AvgIpc) is 2.61. The third-order valence-corrected chi connectivity index (χ3v) is 4.87. The van der Waals surface area contributed by atoms with Crippen LogP contribution in [0.2, 0.25) is 0 Å². The van der Waals surface area contributed by atoms with Crippen molar-refractivity contribution >= 4 is 24.0 Å². The normalized spacial score (nSPS) is 15.4. The van der Waals surface area contributed by atoms with Crippen LogP contribution in [0.1, 0.15) is 54.8 Å². The molecule has 146 valence electrons. The van der Waals surface area contributed by atoms with E-state index in [1.165, 1.54) is 16.7 Å². The summed E-state index contributed by atoms with van der Waals surface area (Å²) in [5.41, 5.74) is 10.4. The molecule has 0 saturated heterocycles. The minimum atomic E-state index is 0. The molecule has 2 aromatic rings. The van der Waals surface area contributed by atoms with E-state index in [0.29, 0.717) is 13.0 Å². The molecule has 1 amide bonds. The summed E-state index contributed by atoms with van der Waals surface area (Å²) in [6.45, 7) is 2.69. The Morgan fingerprint density at radius 1 is 1.22 bits per heavy atom. The van der Waals surface area contributed by atoms with Crippen LogP contribution in [0.5, 0.6) is 5.75 Å². The monoisotopic (exact) mass is 388 g/mol. The minimum Gasteiger partial charge on any atom is -0.494 e. The van der Waals surface area contributed by atoms with Gasteiger partial charge >= 0.3 is 0 Å². The zero-order valence-electron chi connectivity index (χ0n) is 15.9. The predicted octanol–water partition coefficient (Wildman–Crippen LogP) is 4.74. The first-order valence-corrected chi connectivity index (χ1v) is 9.49. The Kier molecular flexibility index (Phi) is 7.99. The second kappa shape index (κ2) is 10.2. The second-order valence-electron chi connectivity index (χ2n) is 7.09. The van der Waals surface area contributed by atoms with Gasteiger partial charge in [-0.1, -0.05) is 18.2 Å². The molecule has 3 N–H and O–H groups in total. The molecule has 0 heterocycles. The van der Waals surface area contributed by atoms with Crippen molar-refractivity contribution in [1.29, 1.82) is 0 Å². The van der Waals surface area contributed by atoms with Crippen LogP contribution in [0.3, 0.4) is 0 Å². The molecule has 1 aliphatic rings. The van der Waals surface area contributed by atoms with E-state index in [0.717, 1.165) is 43.5 Å². The van der Waals surface area contributed by atoms with Crippen molar-refractivity contribution in [3.63, 3.8) is 0 Å². The number of halogens is 1. The molecule has 1 unspecified atom stereocenters. The number of fused-ring (bicyclic) bond motifs is 1. The van der Waals surface area contributed by atoms with E-state index in [1.54, 1.807) is 0 Å². The van der Waals surface area contributed by atoms with Gasteiger partial charge in [0.1, 0.15) is 5.75 Å². The molecule has 4 nitrogen and oxygen atoms in total. The number of carbonyl (C=O) groups excluding carboxylic acids is 1. The molecular formula is C22H29ClN2O2. The first-order valence-electron chi connectivity index (χ1n) is 9.49. The summed E-state index contributed by atoms with van der Waals surface area (Å²) >= 11 is 0. The number of nitrogens with two attached hydrogens (primary N) is 1. The number of hydrogen-bond acceptors (Lipinski definition) is 3. The third-order valence-electron chi connectivity index (χ3n) is 4.87. The number of nitrogens with one attached hydrogen (secondary N) is 1. The third kappa shape index (κ3) is 6.17. The van der Waals surface area contributed by atoms with Gasteiger partial charge < -0.3 is 15.8 Å². The van der Waals surface area contributed by atoms with Gasteiger partial charge in [0.15, 0.2) is 0 Å². The Morgan fingerprint density at radius 2 is 2.07 bits per heavy atom. The molecule has 5 heteroatoms. The van der Waals surface area contributed by atoms with Crippen molar-refractivity contribution in [3.8, 4) is 5.75 Å². The van der Waals surface area contributed by atoms with Crippen LogP contribution in [-0.4, -0.2) is 12.5 Å². The molecule has 1 aliphatic carbocycles. The fourth-order valence-corrected chi connectivity index (χ4v) is 3.53. The first kappa shape index (κ1) is 21.1. The Morgan fingerprint density at radius 3 is 2.89 bits per heavy atom. The van der Waals surface area contributed by atoms with Crippen molar-refractivity contribution in [2.75, 3.05) is 12.3 Å². The van der Waals surface area contributed by atoms with E-state index >= 15 is 0 Å². The van der Waals surface area contributed by atoms with Crippen molar-refractivity contribution in [2.45, 2.75) is 51.5 Å². The Labute approximate surface area is 167 Å². The molecule has 0 aromatic heterocycles. The number of unbranched alkanes of at least 4 members (excludes halogenated alkanes) is 1. The number of benzene rings is 2. The van der Waals surface area contributed by atoms with Crippen LogP contribution in [0.4, 0.5) is 5.69 Å². The topological polar surface area (TPSA) is 64.3 Å². The summed E-state index contributed by atoms with van der Waals surface area (Å²) in [4.78, 5) is 12.3. The lowest BCUT2D eigenvalue weighted by molar-refractivity contribution is -0.122. The lowest BCUT2D eigenvalue weighted by Gasteiger charge is -2.26. The number of hydrogen-bond donors (Lipinski definition) is 2. The maximum atomic E-state index is 12.3. The van der Waals surface area contributed by atoms with Crippen LogP contribution in [-0.2, 0) is 11.2 Å². The van der Waals surface area contributed by atoms with Gasteiger partial charge in [-0.05, 0) is 80.0 Å². The molecule has 2 aromatic carbocycles. The first-order chi connectivity index (χ1) is 12.6. The number of aryl methyl sites for hydroxylation is 2. The van der Waals surface area contributed by atoms with Crippen molar-refractivity contribution in [1.82, 2.24) is 5.32 Å². The lowest BCUT2D eigenvalue weighted by Crippen LogP contribution is -2.30. The Balaban J connectivity index is 0.00000261. The Bertz CT molecular complexity index is 764. The highest BCUT2D eigenvalue weighted by atomic mass is 35.5. The van der Waals surface area contributed by atoms with Gasteiger partial charge in [-0.25, -0.2) is 0 Å². The highest BCUT2D eigenvalue weighted by Gasteiger charge is 2.21. The maximum Gasteiger partial charge on any atom is 0.220 e. The second-order valence-corrected chi connectivity index (χ2v) is 7.09. The SMILES string of the molecule is Cc1cccc(OCCCCC(=O)NC2CCCc3cc(N)ccc32)c1.Cl. The number of anilines is 1. The van der Waals surface area contributed by atoms with Crippen LogP contribution < -0.4 is 15.8 Å². The van der Waals surface area contributed by atoms with Gasteiger partial charge in [-0.3, -0.25) is 4.79 Å². The number of nitrogen functional groups attached to an aromatic ring is 1. The molecule has 0 saturated carbocycles. The number of ether oxygens (including phenoxy) is 1. The van der Waals surface area contributed by atoms with Crippen LogP contribution in [0, 0.1) is 6.92 Å². The molecule has 0 radical (unpaired) electrons. The van der Waals surface area contributed by atoms with E-state index in [4.69, 9.17) is 10.5 Å². The van der Waals surface area contributed by atoms with Crippen LogP contribution in [0.25, 0.3) is 0 Å². The number of amides is 1. The van der Waals surface area contributed by atoms with Gasteiger partial charge in [0.05, 0.1) is 12.6 Å². The van der Waals surface area contributed by atoms with Gasteiger partial charge in [0.25, 0.3) is 0 Å². The van der Waals surface area contributed by atoms with Gasteiger partial charge in [-0.2, -0.15) is 0 Å². The Hall–Kier alpha value is -2.20. The summed E-state index contributed by atoms with van der Waals surface area (Å²) in [5, 5.41) is 3.19. The number of carbonyl (C=O) groups is 1. The zero-order chi connectivity index (χ0) is 18.4. The molecule has 0 spiro atoms. The van der Waals surface area contributed by atoms with Crippen molar-refractivity contribution in [2.24, 2.45) is 0 Å².